The van der Waals surface area contributed by atoms with E-state index in [1.54, 1.807) is 0 Å². The van der Waals surface area contributed by atoms with Gasteiger partial charge in [0.1, 0.15) is 15.9 Å². The van der Waals surface area contributed by atoms with Crippen molar-refractivity contribution in [3.8, 4) is 5.75 Å². The monoisotopic (exact) mass is 614 g/mol. The Labute approximate surface area is 214 Å². The van der Waals surface area contributed by atoms with Crippen molar-refractivity contribution in [3.05, 3.63) is 24.3 Å². The van der Waals surface area contributed by atoms with Crippen LogP contribution in [0.2, 0.25) is 0 Å². The molecule has 0 unspecified atom stereocenters. The van der Waals surface area contributed by atoms with E-state index in [-0.39, 0.29) is 53.8 Å². The molecule has 0 spiro atoms. The average Bonchev–Trinajstić information content (AvgIpc) is 2.65. The van der Waals surface area contributed by atoms with Crippen LogP contribution in [0.4, 0.5) is 74.6 Å². The zero-order chi connectivity index (χ0) is 29.2. The quantitative estimate of drug-likeness (QED) is 0.244. The van der Waals surface area contributed by atoms with E-state index in [1.807, 2.05) is 0 Å². The summed E-state index contributed by atoms with van der Waals surface area (Å²) in [4.78, 5) is -1.30. The molecule has 0 saturated carbocycles. The maximum Gasteiger partial charge on any atom is 1.00 e. The Balaban J connectivity index is 0.0000130. The normalized spacial score (nSPS) is 15.3. The third kappa shape index (κ3) is 5.44. The summed E-state index contributed by atoms with van der Waals surface area (Å²) in [5.74, 6) is -52.9. The molecule has 37 heavy (non-hydrogen) atoms. The molecule has 0 bridgehead atoms. The van der Waals surface area contributed by atoms with Crippen molar-refractivity contribution in [1.82, 2.24) is 0 Å². The second-order valence-electron chi connectivity index (χ2n) is 6.49. The molecule has 0 aliphatic rings. The summed E-state index contributed by atoms with van der Waals surface area (Å²) in [6, 6.07) is -0.353. The van der Waals surface area contributed by atoms with Crippen molar-refractivity contribution in [1.29, 1.82) is 0 Å². The number of rotatable bonds is 9. The molecule has 4 nitrogen and oxygen atoms in total. The van der Waals surface area contributed by atoms with Gasteiger partial charge >= 0.3 is 77.4 Å². The van der Waals surface area contributed by atoms with Gasteiger partial charge in [-0.3, -0.25) is 0 Å². The smallest absolute Gasteiger partial charge is 0.744 e. The van der Waals surface area contributed by atoms with Crippen LogP contribution >= 0.6 is 0 Å². The molecule has 0 fully saturated rings. The first-order valence-electron chi connectivity index (χ1n) is 7.90. The molecule has 0 heterocycles. The van der Waals surface area contributed by atoms with Crippen LogP contribution in [-0.2, 0) is 10.1 Å². The van der Waals surface area contributed by atoms with Crippen molar-refractivity contribution < 1.29 is 122 Å². The maximum atomic E-state index is 13.6. The third-order valence-electron chi connectivity index (χ3n) is 4.05. The molecule has 0 N–H and O–H groups in total. The van der Waals surface area contributed by atoms with Gasteiger partial charge in [-0.15, -0.1) is 0 Å². The van der Waals surface area contributed by atoms with Crippen molar-refractivity contribution >= 4 is 10.1 Å². The molecular formula is C14H4F17NaO4S. The van der Waals surface area contributed by atoms with Crippen LogP contribution < -0.4 is 34.3 Å². The predicted octanol–water partition coefficient (Wildman–Crippen LogP) is 2.94. The fourth-order valence-corrected chi connectivity index (χ4v) is 2.51. The van der Waals surface area contributed by atoms with Gasteiger partial charge < -0.3 is 9.29 Å². The maximum absolute atomic E-state index is 13.6. The number of halogens is 17. The van der Waals surface area contributed by atoms with Crippen LogP contribution in [0.25, 0.3) is 0 Å². The van der Waals surface area contributed by atoms with Crippen LogP contribution in [0.1, 0.15) is 0 Å². The Morgan fingerprint density at radius 3 is 1.14 bits per heavy atom. The van der Waals surface area contributed by atoms with E-state index in [9.17, 15) is 87.6 Å². The summed E-state index contributed by atoms with van der Waals surface area (Å²) in [6.45, 7) is 0. The minimum Gasteiger partial charge on any atom is -0.744 e. The molecule has 1 rings (SSSR count). The number of benzene rings is 1. The minimum atomic E-state index is -8.77. The summed E-state index contributed by atoms with van der Waals surface area (Å²) >= 11 is 0. The van der Waals surface area contributed by atoms with Gasteiger partial charge in [-0.2, -0.15) is 74.6 Å². The van der Waals surface area contributed by atoms with E-state index in [1.165, 1.54) is 0 Å². The Bertz CT molecular complexity index is 1070. The summed E-state index contributed by atoms with van der Waals surface area (Å²) in [7, 11) is -5.34. The number of ether oxygens (including phenoxy) is 1. The van der Waals surface area contributed by atoms with E-state index in [4.69, 9.17) is 0 Å². The second-order valence-corrected chi connectivity index (χ2v) is 7.87. The predicted molar refractivity (Wildman–Crippen MR) is 75.7 cm³/mol. The molecule has 0 saturated heterocycles. The number of alkyl halides is 17. The molecule has 23 heteroatoms. The van der Waals surface area contributed by atoms with Crippen LogP contribution in [0.5, 0.6) is 5.75 Å². The Kier molecular flexibility index (Phi) is 9.40. The SMILES string of the molecule is O=S(=O)([O-])c1ccc(OC(F)(F)C(F)(F)C(F)(F)C(F)(F)C(F)(F)C(F)(F)C(F)(F)C(F)(F)F)cc1.[Na+]. The largest absolute Gasteiger partial charge is 1.00 e. The van der Waals surface area contributed by atoms with Gasteiger partial charge in [0.05, 0.1) is 4.90 Å². The van der Waals surface area contributed by atoms with E-state index in [0.717, 1.165) is 0 Å². The molecule has 0 radical (unpaired) electrons. The zero-order valence-corrected chi connectivity index (χ0v) is 19.6. The molecule has 0 aliphatic carbocycles. The van der Waals surface area contributed by atoms with Gasteiger partial charge in [-0.05, 0) is 24.3 Å². The van der Waals surface area contributed by atoms with Crippen molar-refractivity contribution in [3.63, 3.8) is 0 Å². The van der Waals surface area contributed by atoms with Gasteiger partial charge in [-0.25, -0.2) is 8.42 Å². The second kappa shape index (κ2) is 9.73. The first-order chi connectivity index (χ1) is 15.4. The van der Waals surface area contributed by atoms with Gasteiger partial charge in [0.2, 0.25) is 0 Å². The fraction of sp³-hybridized carbons (Fsp3) is 0.571. The average molecular weight is 614 g/mol. The van der Waals surface area contributed by atoms with E-state index >= 15 is 0 Å². The van der Waals surface area contributed by atoms with Gasteiger partial charge in [0.15, 0.2) is 0 Å². The molecular weight excluding hydrogens is 610 g/mol. The zero-order valence-electron chi connectivity index (χ0n) is 16.8. The molecule has 0 amide bonds. The van der Waals surface area contributed by atoms with Gasteiger partial charge in [-0.1, -0.05) is 0 Å². The van der Waals surface area contributed by atoms with E-state index < -0.39 is 68.6 Å². The van der Waals surface area contributed by atoms with Gasteiger partial charge in [0, 0.05) is 0 Å². The van der Waals surface area contributed by atoms with Crippen molar-refractivity contribution in [2.24, 2.45) is 0 Å². The van der Waals surface area contributed by atoms with Crippen LogP contribution in [-0.4, -0.2) is 60.8 Å². The summed E-state index contributed by atoms with van der Waals surface area (Å²) < 4.78 is 258. The number of hydrogen-bond acceptors (Lipinski definition) is 4. The minimum absolute atomic E-state index is 0. The molecule has 1 aromatic carbocycles. The van der Waals surface area contributed by atoms with Crippen LogP contribution in [0, 0.1) is 0 Å². The Morgan fingerprint density at radius 1 is 0.541 bits per heavy atom. The molecule has 0 aliphatic heterocycles. The van der Waals surface area contributed by atoms with Crippen molar-refractivity contribution in [2.45, 2.75) is 52.7 Å². The molecule has 0 atom stereocenters. The van der Waals surface area contributed by atoms with E-state index in [2.05, 4.69) is 4.74 Å². The van der Waals surface area contributed by atoms with Crippen molar-refractivity contribution in [2.75, 3.05) is 0 Å². The van der Waals surface area contributed by atoms with Gasteiger partial charge in [0.25, 0.3) is 0 Å². The summed E-state index contributed by atoms with van der Waals surface area (Å²) in [5, 5.41) is 0. The fourth-order valence-electron chi connectivity index (χ4n) is 2.04. The summed E-state index contributed by atoms with van der Waals surface area (Å²) in [6.07, 6.45) is -15.0. The Morgan fingerprint density at radius 2 is 0.838 bits per heavy atom. The Hall–Kier alpha value is -1.26. The molecule has 210 valence electrons. The standard InChI is InChI=1S/C14H5F17O4S.Na/c15-7(16,9(19,20)11(23,24)13(27,28)29)8(17,18)10(21,22)12(25,26)14(30,31)35-5-1-3-6(4-2-5)36(32,33)34;/h1-4H,(H,32,33,34);/q;+1/p-1. The van der Waals surface area contributed by atoms with Crippen LogP contribution in [0.15, 0.2) is 29.2 Å². The topological polar surface area (TPSA) is 66.4 Å². The first-order valence-corrected chi connectivity index (χ1v) is 9.30. The molecule has 1 aromatic rings. The first kappa shape index (κ1) is 35.7. The molecule has 0 aromatic heterocycles. The number of hydrogen-bond donors (Lipinski definition) is 0. The summed E-state index contributed by atoms with van der Waals surface area (Å²) in [5.41, 5.74) is 0. The van der Waals surface area contributed by atoms with E-state index in [0.29, 0.717) is 0 Å². The van der Waals surface area contributed by atoms with Crippen LogP contribution in [0.3, 0.4) is 0 Å². The third-order valence-corrected chi connectivity index (χ3v) is 4.90.